The van der Waals surface area contributed by atoms with Gasteiger partial charge in [0.05, 0.1) is 6.04 Å². The van der Waals surface area contributed by atoms with Crippen molar-refractivity contribution in [2.24, 2.45) is 0 Å². The third-order valence-electron chi connectivity index (χ3n) is 4.19. The number of nitrogens with one attached hydrogen (secondary N) is 2. The predicted molar refractivity (Wildman–Crippen MR) is 100 cm³/mol. The molecule has 0 radical (unpaired) electrons. The van der Waals surface area contributed by atoms with Gasteiger partial charge >= 0.3 is 0 Å². The molecule has 2 aromatic rings. The number of rotatable bonds is 5. The normalized spacial score (nSPS) is 19.4. The zero-order valence-electron chi connectivity index (χ0n) is 15.2. The summed E-state index contributed by atoms with van der Waals surface area (Å²) in [6, 6.07) is 8.33. The standard InChI is InChI=1S/C19H21ClN4O3/c1-11-9-12(2)23-15(22-11)7-8-21-19(26)18-17(24-16(25)10-27-18)13-5-3-4-6-14(13)20/h3-6,9,17-18H,7-8,10H2,1-2H3,(H,21,26)(H,24,25)/t17-,18+/m1/s1. The molecule has 1 fully saturated rings. The molecule has 1 aliphatic heterocycles. The summed E-state index contributed by atoms with van der Waals surface area (Å²) < 4.78 is 5.50. The van der Waals surface area contributed by atoms with Crippen LogP contribution >= 0.6 is 11.6 Å². The summed E-state index contributed by atoms with van der Waals surface area (Å²) in [6.45, 7) is 4.01. The van der Waals surface area contributed by atoms with Gasteiger partial charge in [0.15, 0.2) is 6.10 Å². The van der Waals surface area contributed by atoms with Gasteiger partial charge in [0.2, 0.25) is 5.91 Å². The minimum absolute atomic E-state index is 0.167. The van der Waals surface area contributed by atoms with Crippen LogP contribution in [0.3, 0.4) is 0 Å². The molecular weight excluding hydrogens is 368 g/mol. The Morgan fingerprint density at radius 3 is 2.70 bits per heavy atom. The van der Waals surface area contributed by atoms with Crippen molar-refractivity contribution in [1.82, 2.24) is 20.6 Å². The lowest BCUT2D eigenvalue weighted by atomic mass is 9.99. The number of nitrogens with zero attached hydrogens (tertiary/aromatic N) is 2. The van der Waals surface area contributed by atoms with Crippen LogP contribution < -0.4 is 10.6 Å². The number of amides is 2. The summed E-state index contributed by atoms with van der Waals surface area (Å²) in [5.41, 5.74) is 2.42. The van der Waals surface area contributed by atoms with Crippen LogP contribution in [0, 0.1) is 13.8 Å². The largest absolute Gasteiger partial charge is 0.356 e. The van der Waals surface area contributed by atoms with Gasteiger partial charge in [-0.15, -0.1) is 0 Å². The molecule has 8 heteroatoms. The second kappa shape index (κ2) is 8.45. The van der Waals surface area contributed by atoms with Gasteiger partial charge in [0.25, 0.3) is 5.91 Å². The van der Waals surface area contributed by atoms with E-state index in [9.17, 15) is 9.59 Å². The van der Waals surface area contributed by atoms with Crippen LogP contribution in [0.1, 0.15) is 28.8 Å². The number of aryl methyl sites for hydroxylation is 2. The van der Waals surface area contributed by atoms with Gasteiger partial charge in [0.1, 0.15) is 12.4 Å². The molecule has 2 atom stereocenters. The number of aromatic nitrogens is 2. The number of hydrogen-bond acceptors (Lipinski definition) is 5. The molecule has 1 aliphatic rings. The Kier molecular flexibility index (Phi) is 6.03. The molecule has 2 amide bonds. The Morgan fingerprint density at radius 1 is 1.30 bits per heavy atom. The van der Waals surface area contributed by atoms with E-state index in [0.717, 1.165) is 11.4 Å². The predicted octanol–water partition coefficient (Wildman–Crippen LogP) is 1.66. The smallest absolute Gasteiger partial charge is 0.251 e. The molecule has 0 unspecified atom stereocenters. The van der Waals surface area contributed by atoms with Crippen LogP contribution in [0.25, 0.3) is 0 Å². The molecule has 27 heavy (non-hydrogen) atoms. The molecular formula is C19H21ClN4O3. The van der Waals surface area contributed by atoms with E-state index < -0.39 is 12.1 Å². The van der Waals surface area contributed by atoms with Crippen molar-refractivity contribution in [2.45, 2.75) is 32.4 Å². The van der Waals surface area contributed by atoms with Crippen molar-refractivity contribution in [3.63, 3.8) is 0 Å². The lowest BCUT2D eigenvalue weighted by molar-refractivity contribution is -0.148. The van der Waals surface area contributed by atoms with Crippen molar-refractivity contribution >= 4 is 23.4 Å². The second-order valence-corrected chi connectivity index (χ2v) is 6.81. The van der Waals surface area contributed by atoms with Crippen LogP contribution in [0.15, 0.2) is 30.3 Å². The second-order valence-electron chi connectivity index (χ2n) is 6.41. The molecule has 3 rings (SSSR count). The summed E-state index contributed by atoms with van der Waals surface area (Å²) in [5.74, 6) is 0.0743. The Labute approximate surface area is 162 Å². The number of hydrogen-bond donors (Lipinski definition) is 2. The van der Waals surface area contributed by atoms with Crippen molar-refractivity contribution in [2.75, 3.05) is 13.2 Å². The minimum atomic E-state index is -0.859. The molecule has 1 aromatic carbocycles. The van der Waals surface area contributed by atoms with Gasteiger partial charge in [0, 0.05) is 29.4 Å². The zero-order chi connectivity index (χ0) is 19.4. The van der Waals surface area contributed by atoms with Gasteiger partial charge in [-0.25, -0.2) is 9.97 Å². The summed E-state index contributed by atoms with van der Waals surface area (Å²) in [6.07, 6.45) is -0.354. The van der Waals surface area contributed by atoms with Gasteiger partial charge in [-0.05, 0) is 31.5 Å². The van der Waals surface area contributed by atoms with Crippen LogP contribution in [0.5, 0.6) is 0 Å². The van der Waals surface area contributed by atoms with Gasteiger partial charge < -0.3 is 15.4 Å². The van der Waals surface area contributed by atoms with E-state index in [4.69, 9.17) is 16.3 Å². The van der Waals surface area contributed by atoms with E-state index >= 15 is 0 Å². The van der Waals surface area contributed by atoms with Gasteiger partial charge in [-0.2, -0.15) is 0 Å². The van der Waals surface area contributed by atoms with Gasteiger partial charge in [-0.1, -0.05) is 29.8 Å². The SMILES string of the molecule is Cc1cc(C)nc(CCNC(=O)[C@H]2OCC(=O)N[C@@H]2c2ccccc2Cl)n1. The van der Waals surface area contributed by atoms with E-state index in [1.807, 2.05) is 19.9 Å². The van der Waals surface area contributed by atoms with E-state index in [1.54, 1.807) is 24.3 Å². The molecule has 1 aromatic heterocycles. The van der Waals surface area contributed by atoms with Crippen molar-refractivity contribution in [3.8, 4) is 0 Å². The molecule has 7 nitrogen and oxygen atoms in total. The number of ether oxygens (including phenoxy) is 1. The first-order valence-electron chi connectivity index (χ1n) is 8.68. The first-order valence-corrected chi connectivity index (χ1v) is 9.06. The van der Waals surface area contributed by atoms with Gasteiger partial charge in [-0.3, -0.25) is 9.59 Å². The molecule has 1 saturated heterocycles. The molecule has 0 bridgehead atoms. The Hall–Kier alpha value is -2.51. The Balaban J connectivity index is 1.66. The summed E-state index contributed by atoms with van der Waals surface area (Å²) in [5, 5.41) is 6.10. The molecule has 2 heterocycles. The number of morpholine rings is 1. The maximum Gasteiger partial charge on any atom is 0.251 e. The molecule has 0 saturated carbocycles. The monoisotopic (exact) mass is 388 g/mol. The quantitative estimate of drug-likeness (QED) is 0.812. The minimum Gasteiger partial charge on any atom is -0.356 e. The van der Waals surface area contributed by atoms with E-state index in [2.05, 4.69) is 20.6 Å². The highest BCUT2D eigenvalue weighted by atomic mass is 35.5. The highest BCUT2D eigenvalue weighted by Gasteiger charge is 2.36. The average molecular weight is 389 g/mol. The number of halogens is 1. The topological polar surface area (TPSA) is 93.2 Å². The van der Waals surface area contributed by atoms with E-state index in [1.165, 1.54) is 0 Å². The lowest BCUT2D eigenvalue weighted by Gasteiger charge is -2.32. The van der Waals surface area contributed by atoms with E-state index in [0.29, 0.717) is 29.4 Å². The fraction of sp³-hybridized carbons (Fsp3) is 0.368. The molecule has 2 N–H and O–H groups in total. The molecule has 142 valence electrons. The fourth-order valence-corrected chi connectivity index (χ4v) is 3.31. The highest BCUT2D eigenvalue weighted by molar-refractivity contribution is 6.31. The van der Waals surface area contributed by atoms with Crippen molar-refractivity contribution in [3.05, 3.63) is 58.1 Å². The van der Waals surface area contributed by atoms with Crippen molar-refractivity contribution < 1.29 is 14.3 Å². The van der Waals surface area contributed by atoms with Crippen LogP contribution in [0.4, 0.5) is 0 Å². The zero-order valence-corrected chi connectivity index (χ0v) is 15.9. The molecule has 0 spiro atoms. The summed E-state index contributed by atoms with van der Waals surface area (Å²) >= 11 is 6.23. The first kappa shape index (κ1) is 19.3. The van der Waals surface area contributed by atoms with E-state index in [-0.39, 0.29) is 18.4 Å². The van der Waals surface area contributed by atoms with Crippen LogP contribution in [0.2, 0.25) is 5.02 Å². The lowest BCUT2D eigenvalue weighted by Crippen LogP contribution is -2.52. The summed E-state index contributed by atoms with van der Waals surface area (Å²) in [4.78, 5) is 33.1. The molecule has 0 aliphatic carbocycles. The number of benzene rings is 1. The van der Waals surface area contributed by atoms with Crippen LogP contribution in [-0.4, -0.2) is 41.0 Å². The summed E-state index contributed by atoms with van der Waals surface area (Å²) in [7, 11) is 0. The maximum absolute atomic E-state index is 12.7. The highest BCUT2D eigenvalue weighted by Crippen LogP contribution is 2.28. The number of carbonyl (C=O) groups is 2. The fourth-order valence-electron chi connectivity index (χ4n) is 3.06. The third-order valence-corrected chi connectivity index (χ3v) is 4.53. The van der Waals surface area contributed by atoms with Crippen LogP contribution in [-0.2, 0) is 20.7 Å². The maximum atomic E-state index is 12.7. The third kappa shape index (κ3) is 4.81. The first-order chi connectivity index (χ1) is 12.9. The Bertz CT molecular complexity index is 838. The number of carbonyl (C=O) groups excluding carboxylic acids is 2. The average Bonchev–Trinajstić information content (AvgIpc) is 2.61. The Morgan fingerprint density at radius 2 is 2.00 bits per heavy atom. The van der Waals surface area contributed by atoms with Crippen molar-refractivity contribution in [1.29, 1.82) is 0 Å².